The van der Waals surface area contributed by atoms with Crippen molar-refractivity contribution in [2.75, 3.05) is 27.2 Å². The van der Waals surface area contributed by atoms with Crippen LogP contribution in [0.2, 0.25) is 0 Å². The number of nitrogens with zero attached hydrogens (tertiary/aromatic N) is 4. The van der Waals surface area contributed by atoms with Gasteiger partial charge in [0.05, 0.1) is 5.69 Å². The van der Waals surface area contributed by atoms with Gasteiger partial charge in [-0.05, 0) is 82.0 Å². The maximum Gasteiger partial charge on any atom is 0.245 e. The number of likely N-dealkylation sites (tertiary alicyclic amines) is 1. The SMILES string of the molecule is C=CC(=O)N1CC[C@@H](c2[nH]c3nnc(-c4ccccc4O)cc3c2C2CCC(N(C)C)CC2)C1. The number of H-pyrrole nitrogens is 1. The van der Waals surface area contributed by atoms with Crippen LogP contribution in [0.3, 0.4) is 0 Å². The van der Waals surface area contributed by atoms with Crippen LogP contribution in [0, 0.1) is 0 Å². The number of rotatable bonds is 5. The minimum absolute atomic E-state index is 0.00622. The highest BCUT2D eigenvalue weighted by Gasteiger charge is 2.34. The van der Waals surface area contributed by atoms with Crippen LogP contribution in [0.15, 0.2) is 43.0 Å². The van der Waals surface area contributed by atoms with E-state index in [9.17, 15) is 9.90 Å². The Morgan fingerprint density at radius 3 is 2.62 bits per heavy atom. The molecule has 7 nitrogen and oxygen atoms in total. The van der Waals surface area contributed by atoms with E-state index in [1.807, 2.05) is 23.1 Å². The second-order valence-corrected chi connectivity index (χ2v) is 9.90. The van der Waals surface area contributed by atoms with Gasteiger partial charge in [0.25, 0.3) is 0 Å². The lowest BCUT2D eigenvalue weighted by molar-refractivity contribution is -0.125. The fraction of sp³-hybridized carbons (Fsp3) is 0.444. The van der Waals surface area contributed by atoms with Crippen molar-refractivity contribution >= 4 is 16.9 Å². The van der Waals surface area contributed by atoms with Gasteiger partial charge in [0.2, 0.25) is 5.91 Å². The van der Waals surface area contributed by atoms with Crippen molar-refractivity contribution in [2.24, 2.45) is 0 Å². The molecule has 2 aromatic heterocycles. The van der Waals surface area contributed by atoms with E-state index in [0.717, 1.165) is 36.8 Å². The highest BCUT2D eigenvalue weighted by molar-refractivity contribution is 5.88. The zero-order valence-corrected chi connectivity index (χ0v) is 20.0. The summed E-state index contributed by atoms with van der Waals surface area (Å²) < 4.78 is 0. The smallest absolute Gasteiger partial charge is 0.245 e. The van der Waals surface area contributed by atoms with E-state index in [2.05, 4.69) is 46.8 Å². The Labute approximate surface area is 200 Å². The Hall–Kier alpha value is -3.19. The third-order valence-corrected chi connectivity index (χ3v) is 7.73. The van der Waals surface area contributed by atoms with Gasteiger partial charge in [-0.15, -0.1) is 10.2 Å². The minimum Gasteiger partial charge on any atom is -0.507 e. The summed E-state index contributed by atoms with van der Waals surface area (Å²) in [7, 11) is 4.33. The van der Waals surface area contributed by atoms with Gasteiger partial charge in [-0.1, -0.05) is 18.7 Å². The number of hydrogen-bond donors (Lipinski definition) is 2. The first-order valence-electron chi connectivity index (χ1n) is 12.2. The van der Waals surface area contributed by atoms with Crippen LogP contribution < -0.4 is 0 Å². The average Bonchev–Trinajstić information content (AvgIpc) is 3.48. The van der Waals surface area contributed by atoms with Crippen LogP contribution in [0.5, 0.6) is 5.75 Å². The van der Waals surface area contributed by atoms with E-state index in [-0.39, 0.29) is 17.6 Å². The fourth-order valence-electron chi connectivity index (χ4n) is 5.82. The topological polar surface area (TPSA) is 85.3 Å². The number of aromatic nitrogens is 3. The summed E-state index contributed by atoms with van der Waals surface area (Å²) in [5, 5.41) is 20.4. The standard InChI is InChI=1S/C27H33N5O2/c1-4-24(34)32-14-13-18(16-32)26-25(17-9-11-19(12-10-17)31(2)3)21-15-22(29-30-27(21)28-26)20-7-5-6-8-23(20)33/h4-8,15,17-19,33H,1,9-14,16H2,2-3H3,(H,28,30)/t17?,18-,19?/m1/s1. The van der Waals surface area contributed by atoms with Gasteiger partial charge in [0.15, 0.2) is 5.65 Å². The number of carbonyl (C=O) groups is 1. The summed E-state index contributed by atoms with van der Waals surface area (Å²) in [5.74, 6) is 0.876. The summed E-state index contributed by atoms with van der Waals surface area (Å²) in [6.07, 6.45) is 6.91. The highest BCUT2D eigenvalue weighted by atomic mass is 16.3. The minimum atomic E-state index is -0.00622. The van der Waals surface area contributed by atoms with Gasteiger partial charge in [-0.25, -0.2) is 0 Å². The van der Waals surface area contributed by atoms with Crippen molar-refractivity contribution in [3.8, 4) is 17.0 Å². The summed E-state index contributed by atoms with van der Waals surface area (Å²) in [4.78, 5) is 20.0. The molecule has 1 saturated carbocycles. The number of phenols is 1. The number of amides is 1. The third kappa shape index (κ3) is 4.09. The molecule has 1 saturated heterocycles. The molecule has 1 atom stereocenters. The summed E-state index contributed by atoms with van der Waals surface area (Å²) >= 11 is 0. The first kappa shape index (κ1) is 22.6. The van der Waals surface area contributed by atoms with E-state index < -0.39 is 0 Å². The monoisotopic (exact) mass is 459 g/mol. The van der Waals surface area contributed by atoms with Crippen LogP contribution >= 0.6 is 0 Å². The largest absolute Gasteiger partial charge is 0.507 e. The Morgan fingerprint density at radius 2 is 1.91 bits per heavy atom. The van der Waals surface area contributed by atoms with Crippen LogP contribution in [0.1, 0.15) is 55.2 Å². The number of para-hydroxylation sites is 1. The van der Waals surface area contributed by atoms with Gasteiger partial charge < -0.3 is 19.9 Å². The van der Waals surface area contributed by atoms with Gasteiger partial charge in [0, 0.05) is 41.7 Å². The van der Waals surface area contributed by atoms with Crippen molar-refractivity contribution in [2.45, 2.75) is 50.0 Å². The van der Waals surface area contributed by atoms with Crippen LogP contribution in [-0.4, -0.2) is 69.2 Å². The third-order valence-electron chi connectivity index (χ3n) is 7.73. The van der Waals surface area contributed by atoms with Crippen molar-refractivity contribution < 1.29 is 9.90 Å². The molecule has 0 spiro atoms. The van der Waals surface area contributed by atoms with Gasteiger partial charge in [-0.2, -0.15) is 0 Å². The van der Waals surface area contributed by atoms with E-state index >= 15 is 0 Å². The molecule has 1 aliphatic carbocycles. The second kappa shape index (κ2) is 9.22. The second-order valence-electron chi connectivity index (χ2n) is 9.90. The van der Waals surface area contributed by atoms with Crippen molar-refractivity contribution in [3.63, 3.8) is 0 Å². The molecule has 7 heteroatoms. The molecule has 1 amide bonds. The molecule has 1 aromatic carbocycles. The number of fused-ring (bicyclic) bond motifs is 1. The fourth-order valence-corrected chi connectivity index (χ4v) is 5.82. The highest BCUT2D eigenvalue weighted by Crippen LogP contribution is 2.43. The predicted molar refractivity (Wildman–Crippen MR) is 134 cm³/mol. The number of carbonyl (C=O) groups excluding carboxylic acids is 1. The number of hydrogen-bond acceptors (Lipinski definition) is 5. The van der Waals surface area contributed by atoms with E-state index in [1.54, 1.807) is 6.07 Å². The molecule has 2 fully saturated rings. The molecule has 0 radical (unpaired) electrons. The molecular weight excluding hydrogens is 426 g/mol. The molecule has 0 bridgehead atoms. The summed E-state index contributed by atoms with van der Waals surface area (Å²) in [6, 6.07) is 9.95. The zero-order valence-electron chi connectivity index (χ0n) is 20.0. The lowest BCUT2D eigenvalue weighted by Crippen LogP contribution is -2.31. The first-order chi connectivity index (χ1) is 16.5. The molecule has 34 heavy (non-hydrogen) atoms. The van der Waals surface area contributed by atoms with Crippen LogP contribution in [0.4, 0.5) is 0 Å². The lowest BCUT2D eigenvalue weighted by atomic mass is 9.79. The Morgan fingerprint density at radius 1 is 1.15 bits per heavy atom. The molecule has 2 N–H and O–H groups in total. The van der Waals surface area contributed by atoms with Crippen LogP contribution in [-0.2, 0) is 4.79 Å². The molecule has 5 rings (SSSR count). The maximum atomic E-state index is 12.2. The number of nitrogens with one attached hydrogen (secondary N) is 1. The van der Waals surface area contributed by atoms with Crippen molar-refractivity contribution in [1.29, 1.82) is 0 Å². The van der Waals surface area contributed by atoms with Crippen molar-refractivity contribution in [1.82, 2.24) is 25.0 Å². The molecule has 3 heterocycles. The number of phenolic OH excluding ortho intramolecular Hbond substituents is 1. The van der Waals surface area contributed by atoms with Gasteiger partial charge in [0.1, 0.15) is 5.75 Å². The molecule has 178 valence electrons. The van der Waals surface area contributed by atoms with E-state index in [0.29, 0.717) is 29.8 Å². The maximum absolute atomic E-state index is 12.2. The quantitative estimate of drug-likeness (QED) is 0.552. The molecular formula is C27H33N5O2. The number of aromatic amines is 1. The lowest BCUT2D eigenvalue weighted by Gasteiger charge is -2.33. The van der Waals surface area contributed by atoms with E-state index in [4.69, 9.17) is 0 Å². The normalized spacial score (nSPS) is 23.0. The van der Waals surface area contributed by atoms with Gasteiger partial charge in [-0.3, -0.25) is 4.79 Å². The predicted octanol–water partition coefficient (Wildman–Crippen LogP) is 4.42. The summed E-state index contributed by atoms with van der Waals surface area (Å²) in [6.45, 7) is 5.09. The Bertz CT molecular complexity index is 1210. The number of benzene rings is 1. The van der Waals surface area contributed by atoms with Gasteiger partial charge >= 0.3 is 0 Å². The summed E-state index contributed by atoms with van der Waals surface area (Å²) in [5.41, 5.74) is 4.68. The number of aromatic hydroxyl groups is 1. The Balaban J connectivity index is 1.57. The van der Waals surface area contributed by atoms with Crippen molar-refractivity contribution in [3.05, 3.63) is 54.2 Å². The van der Waals surface area contributed by atoms with E-state index in [1.165, 1.54) is 30.2 Å². The first-order valence-corrected chi connectivity index (χ1v) is 12.2. The Kier molecular flexibility index (Phi) is 6.13. The average molecular weight is 460 g/mol. The zero-order chi connectivity index (χ0) is 23.8. The molecule has 1 aliphatic heterocycles. The molecule has 3 aromatic rings. The van der Waals surface area contributed by atoms with Crippen LogP contribution in [0.25, 0.3) is 22.3 Å². The molecule has 0 unspecified atom stereocenters. The molecule has 2 aliphatic rings.